The summed E-state index contributed by atoms with van der Waals surface area (Å²) in [5.41, 5.74) is 2.85. The van der Waals surface area contributed by atoms with Gasteiger partial charge in [0.25, 0.3) is 0 Å². The average Bonchev–Trinajstić information content (AvgIpc) is 3.21. The summed E-state index contributed by atoms with van der Waals surface area (Å²) in [5, 5.41) is 3.01. The third kappa shape index (κ3) is 4.37. The van der Waals surface area contributed by atoms with Gasteiger partial charge in [0, 0.05) is 36.8 Å². The van der Waals surface area contributed by atoms with Crippen LogP contribution < -0.4 is 5.32 Å². The van der Waals surface area contributed by atoms with Crippen molar-refractivity contribution in [2.45, 2.75) is 39.8 Å². The summed E-state index contributed by atoms with van der Waals surface area (Å²) in [6.45, 7) is 6.75. The molecule has 4 aromatic rings. The molecular weight excluding hydrogens is 488 g/mol. The number of halogens is 3. The lowest BCUT2D eigenvalue weighted by atomic mass is 10.1. The van der Waals surface area contributed by atoms with Crippen molar-refractivity contribution in [1.82, 2.24) is 29.4 Å². The summed E-state index contributed by atoms with van der Waals surface area (Å²) in [6.07, 6.45) is 1.64. The van der Waals surface area contributed by atoms with Gasteiger partial charge in [-0.05, 0) is 44.5 Å². The van der Waals surface area contributed by atoms with E-state index in [1.807, 2.05) is 31.4 Å². The molecule has 4 heterocycles. The maximum atomic E-state index is 14.9. The van der Waals surface area contributed by atoms with Crippen LogP contribution in [0.2, 0.25) is 0 Å². The molecule has 0 radical (unpaired) electrons. The molecule has 3 aromatic heterocycles. The van der Waals surface area contributed by atoms with Crippen molar-refractivity contribution in [3.8, 4) is 11.3 Å². The van der Waals surface area contributed by atoms with Crippen LogP contribution in [0.3, 0.4) is 0 Å². The van der Waals surface area contributed by atoms with E-state index < -0.39 is 11.6 Å². The van der Waals surface area contributed by atoms with E-state index in [0.29, 0.717) is 36.7 Å². The molecule has 0 spiro atoms. The zero-order valence-corrected chi connectivity index (χ0v) is 20.8. The van der Waals surface area contributed by atoms with Crippen molar-refractivity contribution in [2.24, 2.45) is 0 Å². The molecule has 1 aromatic carbocycles. The molecule has 0 atom stereocenters. The predicted molar refractivity (Wildman–Crippen MR) is 133 cm³/mol. The summed E-state index contributed by atoms with van der Waals surface area (Å²) < 4.78 is 31.6. The molecule has 0 saturated heterocycles. The highest BCUT2D eigenvalue weighted by atomic mass is 35.5. The fraction of sp³-hybridized carbons (Fsp3) is 0.320. The summed E-state index contributed by atoms with van der Waals surface area (Å²) in [6, 6.07) is 6.60. The maximum absolute atomic E-state index is 14.9. The second kappa shape index (κ2) is 9.42. The molecule has 8 nitrogen and oxygen atoms in total. The molecule has 1 amide bonds. The molecule has 0 aliphatic carbocycles. The smallest absolute Gasteiger partial charge is 0.237 e. The number of aromatic nitrogens is 5. The zero-order chi connectivity index (χ0) is 25.6. The van der Waals surface area contributed by atoms with Gasteiger partial charge in [-0.15, -0.1) is 11.6 Å². The Kier molecular flexibility index (Phi) is 6.29. The number of nitrogens with zero attached hydrogens (tertiary/aromatic N) is 6. The Morgan fingerprint density at radius 2 is 1.97 bits per heavy atom. The zero-order valence-electron chi connectivity index (χ0n) is 20.0. The monoisotopic (exact) mass is 511 g/mol. The molecule has 5 rings (SSSR count). The van der Waals surface area contributed by atoms with Gasteiger partial charge in [0.15, 0.2) is 11.6 Å². The van der Waals surface area contributed by atoms with E-state index in [9.17, 15) is 13.6 Å². The summed E-state index contributed by atoms with van der Waals surface area (Å²) in [4.78, 5) is 30.9. The van der Waals surface area contributed by atoms with Crippen molar-refractivity contribution in [3.05, 3.63) is 59.2 Å². The minimum atomic E-state index is -0.672. The van der Waals surface area contributed by atoms with E-state index >= 15 is 0 Å². The number of benzene rings is 1. The van der Waals surface area contributed by atoms with E-state index in [-0.39, 0.29) is 40.6 Å². The van der Waals surface area contributed by atoms with E-state index in [0.717, 1.165) is 17.5 Å². The predicted octanol–water partition coefficient (Wildman–Crippen LogP) is 4.92. The van der Waals surface area contributed by atoms with Gasteiger partial charge in [0.1, 0.15) is 28.7 Å². The minimum absolute atomic E-state index is 0.0318. The number of nitrogens with one attached hydrogen (secondary N) is 1. The molecule has 0 bridgehead atoms. The molecule has 36 heavy (non-hydrogen) atoms. The van der Waals surface area contributed by atoms with Crippen molar-refractivity contribution in [1.29, 1.82) is 0 Å². The van der Waals surface area contributed by atoms with Gasteiger partial charge in [0.2, 0.25) is 11.9 Å². The van der Waals surface area contributed by atoms with Crippen LogP contribution in [0.15, 0.2) is 30.5 Å². The topological polar surface area (TPSA) is 88.8 Å². The lowest BCUT2D eigenvalue weighted by Gasteiger charge is -2.28. The Morgan fingerprint density at radius 3 is 2.72 bits per heavy atom. The minimum Gasteiger partial charge on any atom is -0.337 e. The third-order valence-electron chi connectivity index (χ3n) is 6.21. The van der Waals surface area contributed by atoms with Crippen LogP contribution >= 0.6 is 11.6 Å². The maximum Gasteiger partial charge on any atom is 0.237 e. The fourth-order valence-corrected chi connectivity index (χ4v) is 4.75. The molecule has 0 saturated carbocycles. The highest BCUT2D eigenvalue weighted by Crippen LogP contribution is 2.30. The highest BCUT2D eigenvalue weighted by Gasteiger charge is 2.22. The van der Waals surface area contributed by atoms with Crippen molar-refractivity contribution >= 4 is 40.3 Å². The fourth-order valence-electron chi connectivity index (χ4n) is 4.58. The quantitative estimate of drug-likeness (QED) is 0.382. The summed E-state index contributed by atoms with van der Waals surface area (Å²) in [7, 11) is 0. The third-order valence-corrected chi connectivity index (χ3v) is 6.44. The Morgan fingerprint density at radius 1 is 1.17 bits per heavy atom. The van der Waals surface area contributed by atoms with E-state index in [1.165, 1.54) is 6.07 Å². The number of amides is 1. The van der Waals surface area contributed by atoms with Crippen LogP contribution in [0.5, 0.6) is 0 Å². The van der Waals surface area contributed by atoms with Crippen LogP contribution in [0.1, 0.15) is 37.0 Å². The first-order valence-corrected chi connectivity index (χ1v) is 12.1. The molecule has 0 unspecified atom stereocenters. The molecule has 1 aliphatic rings. The average molecular weight is 512 g/mol. The second-order valence-corrected chi connectivity index (χ2v) is 9.23. The number of carbonyl (C=O) groups is 1. The van der Waals surface area contributed by atoms with Crippen molar-refractivity contribution in [2.75, 3.05) is 17.7 Å². The molecule has 1 aliphatic heterocycles. The number of carbonyl (C=O) groups excluding carboxylic acids is 1. The second-order valence-electron chi connectivity index (χ2n) is 8.96. The molecule has 186 valence electrons. The van der Waals surface area contributed by atoms with E-state index in [4.69, 9.17) is 11.6 Å². The van der Waals surface area contributed by atoms with Crippen LogP contribution in [0.25, 0.3) is 22.3 Å². The molecule has 11 heteroatoms. The molecule has 0 fully saturated rings. The first kappa shape index (κ1) is 24.1. The number of anilines is 2. The van der Waals surface area contributed by atoms with Gasteiger partial charge in [-0.3, -0.25) is 4.79 Å². The normalized spacial score (nSPS) is 13.4. The Labute approximate surface area is 211 Å². The van der Waals surface area contributed by atoms with Crippen LogP contribution in [-0.2, 0) is 17.8 Å². The first-order valence-electron chi connectivity index (χ1n) is 11.6. The lowest BCUT2D eigenvalue weighted by molar-refractivity contribution is -0.129. The Balaban J connectivity index is 1.46. The van der Waals surface area contributed by atoms with E-state index in [2.05, 4.69) is 25.3 Å². The largest absolute Gasteiger partial charge is 0.337 e. The standard InChI is InChI=1S/C25H24ClF2N7O/c1-13(2)35-14(3)30-24-17(27)8-16(9-20(24)35)23-18(28)11-29-25(33-23)32-21-5-4-15-12-34(22(36)10-26)7-6-19(15)31-21/h4-5,8-9,11,13H,6-7,10,12H2,1-3H3,(H,29,31,32,33). The number of pyridine rings is 1. The molecular formula is C25H24ClF2N7O. The number of alkyl halides is 1. The van der Waals surface area contributed by atoms with Gasteiger partial charge in [-0.1, -0.05) is 6.07 Å². The molecule has 1 N–H and O–H groups in total. The Hall–Kier alpha value is -3.66. The van der Waals surface area contributed by atoms with Crippen LogP contribution in [-0.4, -0.2) is 47.7 Å². The SMILES string of the molecule is Cc1nc2c(F)cc(-c3nc(Nc4ccc5c(n4)CCN(C(=O)CCl)C5)ncc3F)cc2n1C(C)C. The van der Waals surface area contributed by atoms with E-state index in [1.54, 1.807) is 17.0 Å². The van der Waals surface area contributed by atoms with Gasteiger partial charge >= 0.3 is 0 Å². The number of fused-ring (bicyclic) bond motifs is 2. The first-order chi connectivity index (χ1) is 17.2. The van der Waals surface area contributed by atoms with Crippen molar-refractivity contribution in [3.63, 3.8) is 0 Å². The van der Waals surface area contributed by atoms with Crippen LogP contribution in [0, 0.1) is 18.6 Å². The number of aryl methyl sites for hydroxylation is 1. The van der Waals surface area contributed by atoms with Gasteiger partial charge in [-0.25, -0.2) is 28.7 Å². The Bertz CT molecular complexity index is 1490. The number of imidazole rings is 1. The number of rotatable bonds is 5. The number of hydrogen-bond donors (Lipinski definition) is 1. The van der Waals surface area contributed by atoms with Gasteiger partial charge in [0.05, 0.1) is 11.7 Å². The van der Waals surface area contributed by atoms with Gasteiger partial charge < -0.3 is 14.8 Å². The summed E-state index contributed by atoms with van der Waals surface area (Å²) >= 11 is 5.67. The number of hydrogen-bond acceptors (Lipinski definition) is 6. The van der Waals surface area contributed by atoms with Crippen molar-refractivity contribution < 1.29 is 13.6 Å². The lowest BCUT2D eigenvalue weighted by Crippen LogP contribution is -2.37. The van der Waals surface area contributed by atoms with Crippen LogP contribution in [0.4, 0.5) is 20.5 Å². The highest BCUT2D eigenvalue weighted by molar-refractivity contribution is 6.27. The summed E-state index contributed by atoms with van der Waals surface area (Å²) in [5.74, 6) is -0.0952. The van der Waals surface area contributed by atoms with Gasteiger partial charge in [-0.2, -0.15) is 0 Å².